The highest BCUT2D eigenvalue weighted by Gasteiger charge is 2.40. The summed E-state index contributed by atoms with van der Waals surface area (Å²) in [6, 6.07) is 0. The molecule has 0 saturated carbocycles. The van der Waals surface area contributed by atoms with Crippen molar-refractivity contribution >= 4 is 17.2 Å². The zero-order chi connectivity index (χ0) is 17.9. The van der Waals surface area contributed by atoms with E-state index in [1.807, 2.05) is 13.8 Å². The van der Waals surface area contributed by atoms with Crippen LogP contribution in [0.15, 0.2) is 0 Å². The SMILES string of the molecule is COCCCN1CCCC2(CCCN(C(=O)c3sc(C)nc3C)C2)C1. The fraction of sp³-hybridized carbons (Fsp3) is 0.789. The molecule has 0 bridgehead atoms. The fourth-order valence-corrected chi connectivity index (χ4v) is 5.41. The Hall–Kier alpha value is -0.980. The second kappa shape index (κ2) is 8.14. The summed E-state index contributed by atoms with van der Waals surface area (Å²) in [7, 11) is 1.77. The molecule has 0 N–H and O–H groups in total. The predicted octanol–water partition coefficient (Wildman–Crippen LogP) is 3.11. The number of amides is 1. The number of ether oxygens (including phenoxy) is 1. The molecule has 2 aliphatic rings. The van der Waals surface area contributed by atoms with Crippen LogP contribution < -0.4 is 0 Å². The maximum absolute atomic E-state index is 13.0. The third kappa shape index (κ3) is 4.41. The molecule has 3 rings (SSSR count). The standard InChI is InChI=1S/C19H31N3O2S/c1-15-17(25-16(2)20-15)18(23)22-11-5-8-19(14-22)7-4-9-21(13-19)10-6-12-24-3/h4-14H2,1-3H3. The van der Waals surface area contributed by atoms with Crippen LogP contribution in [-0.2, 0) is 4.74 Å². The zero-order valence-electron chi connectivity index (χ0n) is 15.8. The number of piperidine rings is 2. The molecule has 3 heterocycles. The molecule has 5 nitrogen and oxygen atoms in total. The maximum Gasteiger partial charge on any atom is 0.265 e. The third-order valence-corrected chi connectivity index (χ3v) is 6.67. The van der Waals surface area contributed by atoms with Crippen molar-refractivity contribution in [1.29, 1.82) is 0 Å². The molecule has 140 valence electrons. The molecule has 2 aliphatic heterocycles. The number of hydrogen-bond donors (Lipinski definition) is 0. The minimum absolute atomic E-state index is 0.193. The molecule has 1 atom stereocenters. The average Bonchev–Trinajstić information content (AvgIpc) is 2.93. The Morgan fingerprint density at radius 2 is 2.00 bits per heavy atom. The Balaban J connectivity index is 1.65. The Morgan fingerprint density at radius 1 is 1.24 bits per heavy atom. The van der Waals surface area contributed by atoms with E-state index in [1.54, 1.807) is 7.11 Å². The number of methoxy groups -OCH3 is 1. The van der Waals surface area contributed by atoms with Crippen LogP contribution in [0.1, 0.15) is 52.5 Å². The minimum atomic E-state index is 0.193. The first-order valence-corrected chi connectivity index (χ1v) is 10.3. The lowest BCUT2D eigenvalue weighted by molar-refractivity contribution is 0.0119. The van der Waals surface area contributed by atoms with Crippen LogP contribution in [0.2, 0.25) is 0 Å². The number of thiazole rings is 1. The van der Waals surface area contributed by atoms with Crippen molar-refractivity contribution < 1.29 is 9.53 Å². The van der Waals surface area contributed by atoms with Crippen LogP contribution in [-0.4, -0.2) is 67.1 Å². The van der Waals surface area contributed by atoms with Crippen LogP contribution in [0.3, 0.4) is 0 Å². The first-order valence-electron chi connectivity index (χ1n) is 9.48. The molecule has 1 aromatic heterocycles. The van der Waals surface area contributed by atoms with Gasteiger partial charge in [0.05, 0.1) is 10.7 Å². The lowest BCUT2D eigenvalue weighted by Crippen LogP contribution is -2.53. The lowest BCUT2D eigenvalue weighted by Gasteiger charge is -2.48. The van der Waals surface area contributed by atoms with Crippen molar-refractivity contribution in [3.8, 4) is 0 Å². The van der Waals surface area contributed by atoms with Gasteiger partial charge in [-0.15, -0.1) is 11.3 Å². The summed E-state index contributed by atoms with van der Waals surface area (Å²) in [5.74, 6) is 0.193. The van der Waals surface area contributed by atoms with Gasteiger partial charge in [-0.1, -0.05) is 0 Å². The normalized spacial score (nSPS) is 24.8. The molecule has 2 saturated heterocycles. The summed E-state index contributed by atoms with van der Waals surface area (Å²) in [6.45, 7) is 9.98. The lowest BCUT2D eigenvalue weighted by atomic mass is 9.73. The number of rotatable bonds is 5. The number of carbonyl (C=O) groups is 1. The van der Waals surface area contributed by atoms with E-state index in [0.717, 1.165) is 61.2 Å². The van der Waals surface area contributed by atoms with Gasteiger partial charge in [-0.05, 0) is 52.5 Å². The highest BCUT2D eigenvalue weighted by molar-refractivity contribution is 7.13. The van der Waals surface area contributed by atoms with Crippen molar-refractivity contribution in [2.24, 2.45) is 5.41 Å². The molecule has 2 fully saturated rings. The van der Waals surface area contributed by atoms with Crippen molar-refractivity contribution in [1.82, 2.24) is 14.8 Å². The van der Waals surface area contributed by atoms with E-state index >= 15 is 0 Å². The highest BCUT2D eigenvalue weighted by Crippen LogP contribution is 2.39. The van der Waals surface area contributed by atoms with Crippen LogP contribution >= 0.6 is 11.3 Å². The summed E-state index contributed by atoms with van der Waals surface area (Å²) >= 11 is 1.54. The number of hydrogen-bond acceptors (Lipinski definition) is 5. The van der Waals surface area contributed by atoms with E-state index in [-0.39, 0.29) is 11.3 Å². The predicted molar refractivity (Wildman–Crippen MR) is 101 cm³/mol. The van der Waals surface area contributed by atoms with Gasteiger partial charge in [0.15, 0.2) is 0 Å². The first kappa shape index (κ1) is 18.8. The van der Waals surface area contributed by atoms with E-state index in [1.165, 1.54) is 37.1 Å². The van der Waals surface area contributed by atoms with Gasteiger partial charge in [-0.2, -0.15) is 0 Å². The van der Waals surface area contributed by atoms with Crippen LogP contribution in [0.5, 0.6) is 0 Å². The van der Waals surface area contributed by atoms with E-state index in [0.29, 0.717) is 0 Å². The van der Waals surface area contributed by atoms with Gasteiger partial charge < -0.3 is 14.5 Å². The maximum atomic E-state index is 13.0. The summed E-state index contributed by atoms with van der Waals surface area (Å²) in [6.07, 6.45) is 5.95. The average molecular weight is 366 g/mol. The number of aryl methyl sites for hydroxylation is 2. The molecule has 1 aromatic rings. The van der Waals surface area contributed by atoms with Crippen molar-refractivity contribution in [2.75, 3.05) is 46.4 Å². The van der Waals surface area contributed by atoms with Crippen molar-refractivity contribution in [2.45, 2.75) is 46.0 Å². The van der Waals surface area contributed by atoms with Gasteiger partial charge in [0.25, 0.3) is 5.91 Å². The largest absolute Gasteiger partial charge is 0.385 e. The third-order valence-electron chi connectivity index (χ3n) is 5.61. The molecule has 6 heteroatoms. The number of likely N-dealkylation sites (tertiary alicyclic amines) is 2. The van der Waals surface area contributed by atoms with Gasteiger partial charge >= 0.3 is 0 Å². The molecular weight excluding hydrogens is 334 g/mol. The Bertz CT molecular complexity index is 599. The smallest absolute Gasteiger partial charge is 0.265 e. The van der Waals surface area contributed by atoms with Gasteiger partial charge in [-0.25, -0.2) is 4.98 Å². The van der Waals surface area contributed by atoms with Crippen LogP contribution in [0, 0.1) is 19.3 Å². The molecule has 0 radical (unpaired) electrons. The Labute approximate surface area is 155 Å². The van der Waals surface area contributed by atoms with Gasteiger partial charge in [0.2, 0.25) is 0 Å². The van der Waals surface area contributed by atoms with Crippen LogP contribution in [0.4, 0.5) is 0 Å². The molecular formula is C19H31N3O2S. The molecule has 1 amide bonds. The quantitative estimate of drug-likeness (QED) is 0.752. The minimum Gasteiger partial charge on any atom is -0.385 e. The Kier molecular flexibility index (Phi) is 6.12. The van der Waals surface area contributed by atoms with Gasteiger partial charge in [0.1, 0.15) is 4.88 Å². The molecule has 1 unspecified atom stereocenters. The van der Waals surface area contributed by atoms with Gasteiger partial charge in [0, 0.05) is 45.3 Å². The molecule has 25 heavy (non-hydrogen) atoms. The highest BCUT2D eigenvalue weighted by atomic mass is 32.1. The topological polar surface area (TPSA) is 45.7 Å². The van der Waals surface area contributed by atoms with E-state index in [4.69, 9.17) is 4.74 Å². The Morgan fingerprint density at radius 3 is 2.68 bits per heavy atom. The second-order valence-corrected chi connectivity index (χ2v) is 8.91. The molecule has 1 spiro atoms. The summed E-state index contributed by atoms with van der Waals surface area (Å²) < 4.78 is 5.20. The van der Waals surface area contributed by atoms with Crippen molar-refractivity contribution in [3.63, 3.8) is 0 Å². The summed E-state index contributed by atoms with van der Waals surface area (Å²) in [5, 5.41) is 0.981. The first-order chi connectivity index (χ1) is 12.0. The van der Waals surface area contributed by atoms with E-state index in [9.17, 15) is 4.79 Å². The number of aromatic nitrogens is 1. The number of carbonyl (C=O) groups excluding carboxylic acids is 1. The van der Waals surface area contributed by atoms with E-state index < -0.39 is 0 Å². The molecule has 0 aromatic carbocycles. The van der Waals surface area contributed by atoms with Crippen LogP contribution in [0.25, 0.3) is 0 Å². The summed E-state index contributed by atoms with van der Waals surface area (Å²) in [4.78, 5) is 23.0. The second-order valence-electron chi connectivity index (χ2n) is 7.70. The van der Waals surface area contributed by atoms with E-state index in [2.05, 4.69) is 14.8 Å². The summed E-state index contributed by atoms with van der Waals surface area (Å²) in [5.41, 5.74) is 1.17. The zero-order valence-corrected chi connectivity index (χ0v) is 16.7. The monoisotopic (exact) mass is 365 g/mol. The van der Waals surface area contributed by atoms with Crippen molar-refractivity contribution in [3.05, 3.63) is 15.6 Å². The number of nitrogens with zero attached hydrogens (tertiary/aromatic N) is 3. The molecule has 0 aliphatic carbocycles. The fourth-order valence-electron chi connectivity index (χ4n) is 4.52. The van der Waals surface area contributed by atoms with Gasteiger partial charge in [-0.3, -0.25) is 4.79 Å².